The van der Waals surface area contributed by atoms with E-state index in [0.717, 1.165) is 73.1 Å². The Hall–Kier alpha value is -7.04. The molecule has 9 aromatic rings. The molecule has 0 aliphatic heterocycles. The predicted octanol–water partition coefficient (Wildman–Crippen LogP) is 14.0. The van der Waals surface area contributed by atoms with E-state index in [1.54, 1.807) is 0 Å². The van der Waals surface area contributed by atoms with Gasteiger partial charge in [0.25, 0.3) is 0 Å². The maximum atomic E-state index is 6.53. The van der Waals surface area contributed by atoms with Crippen molar-refractivity contribution in [3.05, 3.63) is 212 Å². The molecular formula is C48H35N3O. The molecule has 0 fully saturated rings. The lowest BCUT2D eigenvalue weighted by Gasteiger charge is -2.30. The molecule has 52 heavy (non-hydrogen) atoms. The average molecular weight is 670 g/mol. The van der Waals surface area contributed by atoms with Crippen LogP contribution in [0.15, 0.2) is 217 Å². The Kier molecular flexibility index (Phi) is 8.16. The highest BCUT2D eigenvalue weighted by molar-refractivity contribution is 6.10. The fourth-order valence-corrected chi connectivity index (χ4v) is 7.06. The van der Waals surface area contributed by atoms with Crippen LogP contribution in [-0.2, 0) is 0 Å². The van der Waals surface area contributed by atoms with E-state index >= 15 is 0 Å². The van der Waals surface area contributed by atoms with Gasteiger partial charge in [0, 0.05) is 56.3 Å². The third-order valence-electron chi connectivity index (χ3n) is 9.39. The third kappa shape index (κ3) is 5.82. The molecule has 0 bridgehead atoms. The highest BCUT2D eigenvalue weighted by Crippen LogP contribution is 2.44. The van der Waals surface area contributed by atoms with Gasteiger partial charge in [-0.3, -0.25) is 0 Å². The molecule has 0 N–H and O–H groups in total. The monoisotopic (exact) mass is 669 g/mol. The van der Waals surface area contributed by atoms with Crippen LogP contribution in [-0.4, -0.2) is 0 Å². The predicted molar refractivity (Wildman–Crippen MR) is 218 cm³/mol. The molecule has 9 rings (SSSR count). The Morgan fingerprint density at radius 3 is 1.15 bits per heavy atom. The highest BCUT2D eigenvalue weighted by atomic mass is 16.3. The minimum atomic E-state index is 0.862. The van der Waals surface area contributed by atoms with Crippen LogP contribution in [0.2, 0.25) is 0 Å². The van der Waals surface area contributed by atoms with E-state index in [1.807, 2.05) is 12.1 Å². The van der Waals surface area contributed by atoms with E-state index in [0.29, 0.717) is 0 Å². The highest BCUT2D eigenvalue weighted by Gasteiger charge is 2.21. The summed E-state index contributed by atoms with van der Waals surface area (Å²) in [6.45, 7) is 0. The second kappa shape index (κ2) is 13.7. The summed E-state index contributed by atoms with van der Waals surface area (Å²) < 4.78 is 6.53. The Labute approximate surface area is 303 Å². The summed E-state index contributed by atoms with van der Waals surface area (Å²) in [5.74, 6) is 0. The van der Waals surface area contributed by atoms with E-state index in [9.17, 15) is 0 Å². The molecule has 4 nitrogen and oxygen atoms in total. The molecule has 0 unspecified atom stereocenters. The van der Waals surface area contributed by atoms with Crippen molar-refractivity contribution in [1.29, 1.82) is 0 Å². The van der Waals surface area contributed by atoms with E-state index in [4.69, 9.17) is 4.42 Å². The number of nitrogens with zero attached hydrogens (tertiary/aromatic N) is 3. The maximum Gasteiger partial charge on any atom is 0.159 e. The lowest BCUT2D eigenvalue weighted by molar-refractivity contribution is 0.669. The van der Waals surface area contributed by atoms with Crippen LogP contribution in [0, 0.1) is 0 Å². The quantitative estimate of drug-likeness (QED) is 0.153. The smallest absolute Gasteiger partial charge is 0.159 e. The van der Waals surface area contributed by atoms with Gasteiger partial charge in [-0.25, -0.2) is 0 Å². The molecule has 0 amide bonds. The zero-order chi connectivity index (χ0) is 34.7. The lowest BCUT2D eigenvalue weighted by atomic mass is 10.1. The summed E-state index contributed by atoms with van der Waals surface area (Å²) in [5, 5.41) is 2.21. The van der Waals surface area contributed by atoms with Crippen LogP contribution in [0.5, 0.6) is 0 Å². The van der Waals surface area contributed by atoms with Crippen molar-refractivity contribution in [2.75, 3.05) is 14.7 Å². The van der Waals surface area contributed by atoms with Crippen LogP contribution in [0.25, 0.3) is 21.9 Å². The number of fused-ring (bicyclic) bond motifs is 3. The number of hydrogen-bond acceptors (Lipinski definition) is 4. The molecule has 0 aliphatic carbocycles. The first-order valence-corrected chi connectivity index (χ1v) is 17.5. The number of anilines is 9. The molecule has 0 atom stereocenters. The van der Waals surface area contributed by atoms with Gasteiger partial charge in [0.05, 0.1) is 5.69 Å². The molecule has 248 valence electrons. The number of benzene rings is 8. The van der Waals surface area contributed by atoms with Crippen molar-refractivity contribution in [3.63, 3.8) is 0 Å². The molecular weight excluding hydrogens is 635 g/mol. The summed E-state index contributed by atoms with van der Waals surface area (Å²) in [7, 11) is 0. The molecule has 0 saturated carbocycles. The summed E-state index contributed by atoms with van der Waals surface area (Å²) in [6.07, 6.45) is 0. The van der Waals surface area contributed by atoms with E-state index < -0.39 is 0 Å². The molecule has 1 heterocycles. The van der Waals surface area contributed by atoms with Crippen molar-refractivity contribution >= 4 is 73.1 Å². The Balaban J connectivity index is 1.15. The Morgan fingerprint density at radius 1 is 0.269 bits per heavy atom. The molecule has 0 spiro atoms. The minimum Gasteiger partial charge on any atom is -0.454 e. The van der Waals surface area contributed by atoms with Gasteiger partial charge < -0.3 is 19.1 Å². The number of para-hydroxylation sites is 6. The van der Waals surface area contributed by atoms with E-state index in [2.05, 4.69) is 215 Å². The van der Waals surface area contributed by atoms with Crippen LogP contribution in [0.3, 0.4) is 0 Å². The molecule has 8 aromatic carbocycles. The second-order valence-electron chi connectivity index (χ2n) is 12.6. The van der Waals surface area contributed by atoms with Crippen LogP contribution < -0.4 is 14.7 Å². The Morgan fingerprint density at radius 2 is 0.635 bits per heavy atom. The molecule has 4 heteroatoms. The zero-order valence-corrected chi connectivity index (χ0v) is 28.5. The van der Waals surface area contributed by atoms with Crippen LogP contribution in [0.1, 0.15) is 0 Å². The average Bonchev–Trinajstić information content (AvgIpc) is 3.60. The largest absolute Gasteiger partial charge is 0.454 e. The fraction of sp³-hybridized carbons (Fsp3) is 0. The van der Waals surface area contributed by atoms with Gasteiger partial charge in [-0.2, -0.15) is 0 Å². The standard InChI is InChI=1S/C48H35N3O/c1-5-17-36(18-6-1)49(37-19-7-2-8-20-37)42-25-15-26-43(35-42)50(38-21-9-3-10-22-38)40-31-33-41(34-32-40)51(39-23-11-4-12-24-39)46-29-16-28-45-44-27-13-14-30-47(44)52-48(45)46/h1-35H. The minimum absolute atomic E-state index is 0.862. The number of rotatable bonds is 9. The molecule has 0 saturated heterocycles. The third-order valence-corrected chi connectivity index (χ3v) is 9.39. The van der Waals surface area contributed by atoms with E-state index in [-0.39, 0.29) is 0 Å². The lowest BCUT2D eigenvalue weighted by Crippen LogP contribution is -2.13. The normalized spacial score (nSPS) is 11.1. The van der Waals surface area contributed by atoms with Gasteiger partial charge in [0.15, 0.2) is 5.58 Å². The first-order chi connectivity index (χ1) is 25.8. The van der Waals surface area contributed by atoms with Gasteiger partial charge in [0.2, 0.25) is 0 Å². The number of hydrogen-bond donors (Lipinski definition) is 0. The van der Waals surface area contributed by atoms with Gasteiger partial charge in [-0.1, -0.05) is 109 Å². The number of furan rings is 1. The van der Waals surface area contributed by atoms with Gasteiger partial charge in [-0.05, 0) is 103 Å². The maximum absolute atomic E-state index is 6.53. The van der Waals surface area contributed by atoms with Crippen molar-refractivity contribution < 1.29 is 4.42 Å². The van der Waals surface area contributed by atoms with Crippen molar-refractivity contribution in [3.8, 4) is 0 Å². The van der Waals surface area contributed by atoms with Crippen LogP contribution in [0.4, 0.5) is 51.2 Å². The molecule has 0 aliphatic rings. The topological polar surface area (TPSA) is 22.9 Å². The first-order valence-electron chi connectivity index (χ1n) is 17.5. The molecule has 1 aromatic heterocycles. The molecule has 0 radical (unpaired) electrons. The Bertz CT molecular complexity index is 2530. The van der Waals surface area contributed by atoms with Gasteiger partial charge in [-0.15, -0.1) is 0 Å². The summed E-state index contributed by atoms with van der Waals surface area (Å²) in [4.78, 5) is 6.89. The summed E-state index contributed by atoms with van der Waals surface area (Å²) >= 11 is 0. The summed E-state index contributed by atoms with van der Waals surface area (Å²) in [5.41, 5.74) is 11.3. The fourth-order valence-electron chi connectivity index (χ4n) is 7.06. The second-order valence-corrected chi connectivity index (χ2v) is 12.6. The zero-order valence-electron chi connectivity index (χ0n) is 28.5. The summed E-state index contributed by atoms with van der Waals surface area (Å²) in [6, 6.07) is 74.3. The van der Waals surface area contributed by atoms with Gasteiger partial charge >= 0.3 is 0 Å². The van der Waals surface area contributed by atoms with Gasteiger partial charge in [0.1, 0.15) is 5.58 Å². The van der Waals surface area contributed by atoms with E-state index in [1.165, 1.54) is 0 Å². The van der Waals surface area contributed by atoms with Crippen molar-refractivity contribution in [2.45, 2.75) is 0 Å². The first kappa shape index (κ1) is 31.0. The van der Waals surface area contributed by atoms with Crippen molar-refractivity contribution in [2.24, 2.45) is 0 Å². The van der Waals surface area contributed by atoms with Crippen molar-refractivity contribution in [1.82, 2.24) is 0 Å². The SMILES string of the molecule is c1ccc(N(c2ccccc2)c2cccc(N(c3ccccc3)c3ccc(N(c4ccccc4)c4cccc5c4oc4ccccc45)cc3)c2)cc1. The van der Waals surface area contributed by atoms with Crippen LogP contribution >= 0.6 is 0 Å².